The summed E-state index contributed by atoms with van der Waals surface area (Å²) in [6.45, 7) is 1.33. The Morgan fingerprint density at radius 1 is 1.29 bits per heavy atom. The Labute approximate surface area is 124 Å². The van der Waals surface area contributed by atoms with Gasteiger partial charge in [-0.3, -0.25) is 0 Å². The Morgan fingerprint density at radius 2 is 2.19 bits per heavy atom. The molecule has 0 atom stereocenters. The number of hydrogen-bond acceptors (Lipinski definition) is 4. The molecular formula is C15H10ClFN2O2. The number of anilines is 1. The van der Waals surface area contributed by atoms with Gasteiger partial charge in [-0.05, 0) is 18.2 Å². The first kappa shape index (κ1) is 12.5. The summed E-state index contributed by atoms with van der Waals surface area (Å²) in [4.78, 5) is 4.37. The van der Waals surface area contributed by atoms with Crippen LogP contribution in [0, 0.1) is 5.82 Å². The second-order valence-electron chi connectivity index (χ2n) is 4.71. The average Bonchev–Trinajstić information content (AvgIpc) is 2.90. The van der Waals surface area contributed by atoms with E-state index in [-0.39, 0.29) is 5.02 Å². The van der Waals surface area contributed by atoms with Crippen LogP contribution in [0.4, 0.5) is 10.1 Å². The van der Waals surface area contributed by atoms with Crippen LogP contribution >= 0.6 is 11.6 Å². The third-order valence-corrected chi connectivity index (χ3v) is 3.63. The van der Waals surface area contributed by atoms with Crippen molar-refractivity contribution in [2.24, 2.45) is 0 Å². The lowest BCUT2D eigenvalue weighted by Gasteiger charge is -2.20. The van der Waals surface area contributed by atoms with E-state index in [1.165, 1.54) is 12.1 Å². The molecule has 106 valence electrons. The highest BCUT2D eigenvalue weighted by Gasteiger charge is 2.19. The largest absolute Gasteiger partial charge is 0.489 e. The molecule has 0 radical (unpaired) electrons. The summed E-state index contributed by atoms with van der Waals surface area (Å²) in [6, 6.07) is 8.36. The predicted octanol–water partition coefficient (Wildman–Crippen LogP) is 4.09. The van der Waals surface area contributed by atoms with Gasteiger partial charge >= 0.3 is 0 Å². The molecule has 0 fully saturated rings. The molecule has 0 amide bonds. The van der Waals surface area contributed by atoms with E-state index in [4.69, 9.17) is 20.8 Å². The van der Waals surface area contributed by atoms with Crippen molar-refractivity contribution in [3.8, 4) is 17.2 Å². The van der Waals surface area contributed by atoms with Gasteiger partial charge in [0.1, 0.15) is 17.9 Å². The van der Waals surface area contributed by atoms with Gasteiger partial charge in [0, 0.05) is 12.6 Å². The molecule has 2 heterocycles. The van der Waals surface area contributed by atoms with Crippen molar-refractivity contribution in [1.82, 2.24) is 4.98 Å². The number of halogens is 2. The molecule has 0 unspecified atom stereocenters. The van der Waals surface area contributed by atoms with E-state index in [1.807, 2.05) is 18.2 Å². The first-order valence-corrected chi connectivity index (χ1v) is 6.86. The van der Waals surface area contributed by atoms with Crippen LogP contribution < -0.4 is 10.1 Å². The molecule has 1 aliphatic rings. The molecule has 3 aromatic rings. The number of fused-ring (bicyclic) bond motifs is 2. The Kier molecular flexibility index (Phi) is 2.75. The van der Waals surface area contributed by atoms with Crippen molar-refractivity contribution in [2.75, 3.05) is 18.5 Å². The molecule has 0 spiro atoms. The number of rotatable bonds is 1. The monoisotopic (exact) mass is 304 g/mol. The van der Waals surface area contributed by atoms with E-state index in [2.05, 4.69) is 10.3 Å². The zero-order valence-electron chi connectivity index (χ0n) is 10.8. The minimum Gasteiger partial charge on any atom is -0.489 e. The summed E-state index contributed by atoms with van der Waals surface area (Å²) in [5.74, 6) is 0.550. The number of para-hydroxylation sites is 1. The van der Waals surface area contributed by atoms with Crippen molar-refractivity contribution in [2.45, 2.75) is 0 Å². The maximum Gasteiger partial charge on any atom is 0.231 e. The Balaban J connectivity index is 1.91. The second-order valence-corrected chi connectivity index (χ2v) is 5.12. The van der Waals surface area contributed by atoms with Crippen molar-refractivity contribution in [3.05, 3.63) is 41.2 Å². The van der Waals surface area contributed by atoms with Gasteiger partial charge in [0.2, 0.25) is 5.89 Å². The van der Waals surface area contributed by atoms with Crippen LogP contribution in [0.5, 0.6) is 5.75 Å². The fourth-order valence-corrected chi connectivity index (χ4v) is 2.54. The highest BCUT2D eigenvalue weighted by atomic mass is 35.5. The molecule has 21 heavy (non-hydrogen) atoms. The smallest absolute Gasteiger partial charge is 0.231 e. The summed E-state index contributed by atoms with van der Waals surface area (Å²) in [7, 11) is 0. The van der Waals surface area contributed by atoms with Crippen LogP contribution in [0.3, 0.4) is 0 Å². The molecule has 1 aromatic heterocycles. The fraction of sp³-hybridized carbons (Fsp3) is 0.133. The van der Waals surface area contributed by atoms with Crippen molar-refractivity contribution in [1.29, 1.82) is 0 Å². The lowest BCUT2D eigenvalue weighted by molar-refractivity contribution is 0.324. The summed E-state index contributed by atoms with van der Waals surface area (Å²) < 4.78 is 24.8. The number of aromatic nitrogens is 1. The van der Waals surface area contributed by atoms with E-state index >= 15 is 0 Å². The lowest BCUT2D eigenvalue weighted by atomic mass is 10.1. The molecule has 6 heteroatoms. The van der Waals surface area contributed by atoms with Gasteiger partial charge in [-0.15, -0.1) is 0 Å². The van der Waals surface area contributed by atoms with Gasteiger partial charge in [0.25, 0.3) is 0 Å². The number of hydrogen-bond donors (Lipinski definition) is 1. The molecule has 4 nitrogen and oxygen atoms in total. The van der Waals surface area contributed by atoms with Gasteiger partial charge in [-0.25, -0.2) is 9.37 Å². The second kappa shape index (κ2) is 4.63. The van der Waals surface area contributed by atoms with E-state index in [1.54, 1.807) is 0 Å². The molecule has 0 aliphatic carbocycles. The molecule has 1 aliphatic heterocycles. The maximum atomic E-state index is 13.5. The standard InChI is InChI=1S/C15H10ClFN2O2/c16-9-6-12-13(7-10(9)17)21-15(19-12)8-2-1-3-11-14(8)20-5-4-18-11/h1-3,6-7,18H,4-5H2. The topological polar surface area (TPSA) is 47.3 Å². The average molecular weight is 305 g/mol. The third kappa shape index (κ3) is 2.01. The number of benzene rings is 2. The third-order valence-electron chi connectivity index (χ3n) is 3.34. The highest BCUT2D eigenvalue weighted by molar-refractivity contribution is 6.31. The Bertz CT molecular complexity index is 808. The van der Waals surface area contributed by atoms with Crippen LogP contribution in [0.15, 0.2) is 34.7 Å². The lowest BCUT2D eigenvalue weighted by Crippen LogP contribution is -2.18. The summed E-state index contributed by atoms with van der Waals surface area (Å²) in [5.41, 5.74) is 2.49. The van der Waals surface area contributed by atoms with E-state index in [0.717, 1.165) is 17.8 Å². The molecule has 2 aromatic carbocycles. The molecule has 0 saturated heterocycles. The van der Waals surface area contributed by atoms with Crippen LogP contribution in [0.25, 0.3) is 22.6 Å². The molecular weight excluding hydrogens is 295 g/mol. The van der Waals surface area contributed by atoms with Gasteiger partial charge in [-0.1, -0.05) is 17.7 Å². The summed E-state index contributed by atoms with van der Waals surface area (Å²) in [6.07, 6.45) is 0. The predicted molar refractivity (Wildman–Crippen MR) is 78.4 cm³/mol. The van der Waals surface area contributed by atoms with Crippen LogP contribution in [0.2, 0.25) is 5.02 Å². The number of ether oxygens (including phenoxy) is 1. The van der Waals surface area contributed by atoms with Crippen LogP contribution in [-0.4, -0.2) is 18.1 Å². The maximum absolute atomic E-state index is 13.5. The van der Waals surface area contributed by atoms with Crippen molar-refractivity contribution >= 4 is 28.4 Å². The Morgan fingerprint density at radius 3 is 3.10 bits per heavy atom. The summed E-state index contributed by atoms with van der Waals surface area (Å²) >= 11 is 5.77. The van der Waals surface area contributed by atoms with E-state index < -0.39 is 5.82 Å². The first-order valence-electron chi connectivity index (χ1n) is 6.48. The number of nitrogens with one attached hydrogen (secondary N) is 1. The first-order chi connectivity index (χ1) is 10.2. The molecule has 1 N–H and O–H groups in total. The summed E-state index contributed by atoms with van der Waals surface area (Å²) in [5, 5.41) is 3.27. The van der Waals surface area contributed by atoms with Crippen LogP contribution in [-0.2, 0) is 0 Å². The van der Waals surface area contributed by atoms with Gasteiger partial charge < -0.3 is 14.5 Å². The highest BCUT2D eigenvalue weighted by Crippen LogP contribution is 2.39. The SMILES string of the molecule is Fc1cc2oc(-c3cccc4c3OCCN4)nc2cc1Cl. The number of oxazole rings is 1. The molecule has 0 bridgehead atoms. The minimum atomic E-state index is -0.528. The molecule has 4 rings (SSSR count). The van der Waals surface area contributed by atoms with Gasteiger partial charge in [0.05, 0.1) is 16.3 Å². The van der Waals surface area contributed by atoms with Crippen LogP contribution in [0.1, 0.15) is 0 Å². The zero-order chi connectivity index (χ0) is 14.4. The van der Waals surface area contributed by atoms with Gasteiger partial charge in [-0.2, -0.15) is 0 Å². The van der Waals surface area contributed by atoms with Gasteiger partial charge in [0.15, 0.2) is 11.3 Å². The quantitative estimate of drug-likeness (QED) is 0.735. The van der Waals surface area contributed by atoms with E-state index in [0.29, 0.717) is 29.3 Å². The van der Waals surface area contributed by atoms with E-state index in [9.17, 15) is 4.39 Å². The fourth-order valence-electron chi connectivity index (χ4n) is 2.38. The Hall–Kier alpha value is -2.27. The van der Waals surface area contributed by atoms with Crippen molar-refractivity contribution < 1.29 is 13.5 Å². The zero-order valence-corrected chi connectivity index (χ0v) is 11.6. The molecule has 0 saturated carbocycles. The normalized spacial score (nSPS) is 13.6. The minimum absolute atomic E-state index is 0.0235. The number of nitrogens with zero attached hydrogens (tertiary/aromatic N) is 1. The van der Waals surface area contributed by atoms with Crippen molar-refractivity contribution in [3.63, 3.8) is 0 Å².